The average Bonchev–Trinajstić information content (AvgIpc) is 2.80. The van der Waals surface area contributed by atoms with Gasteiger partial charge in [0.05, 0.1) is 18.2 Å². The van der Waals surface area contributed by atoms with E-state index in [0.29, 0.717) is 0 Å². The van der Waals surface area contributed by atoms with E-state index in [1.54, 1.807) is 6.20 Å². The lowest BCUT2D eigenvalue weighted by atomic mass is 10.2. The quantitative estimate of drug-likeness (QED) is 0.649. The Bertz CT molecular complexity index is 557. The molecule has 0 aliphatic carbocycles. The van der Waals surface area contributed by atoms with Gasteiger partial charge in [-0.2, -0.15) is 0 Å². The van der Waals surface area contributed by atoms with Crippen molar-refractivity contribution in [3.63, 3.8) is 0 Å². The zero-order chi connectivity index (χ0) is 10.8. The van der Waals surface area contributed by atoms with Gasteiger partial charge in [-0.3, -0.25) is 4.98 Å². The van der Waals surface area contributed by atoms with Crippen molar-refractivity contribution in [3.05, 3.63) is 60.7 Å². The fourth-order valence-electron chi connectivity index (χ4n) is 1.83. The summed E-state index contributed by atoms with van der Waals surface area (Å²) in [4.78, 5) is 8.42. The number of fused-ring (bicyclic) bond motifs is 1. The van der Waals surface area contributed by atoms with Crippen LogP contribution in [-0.2, 0) is 6.54 Å². The van der Waals surface area contributed by atoms with E-state index in [0.717, 1.165) is 17.9 Å². The van der Waals surface area contributed by atoms with Crippen LogP contribution >= 0.6 is 0 Å². The van der Waals surface area contributed by atoms with Gasteiger partial charge in [0, 0.05) is 12.7 Å². The molecule has 2 aliphatic rings. The second-order valence-corrected chi connectivity index (χ2v) is 3.72. The lowest BCUT2D eigenvalue weighted by Crippen LogP contribution is -2.04. The van der Waals surface area contributed by atoms with E-state index in [2.05, 4.69) is 26.7 Å². The third-order valence-electron chi connectivity index (χ3n) is 2.62. The average molecular weight is 209 g/mol. The van der Waals surface area contributed by atoms with Gasteiger partial charge in [0.2, 0.25) is 0 Å². The molecule has 0 radical (unpaired) electrons. The minimum absolute atomic E-state index is 0.830. The van der Waals surface area contributed by atoms with E-state index in [9.17, 15) is 0 Å². The fourth-order valence-corrected chi connectivity index (χ4v) is 1.83. The second kappa shape index (κ2) is 3.77. The molecule has 2 aliphatic heterocycles. The first-order valence-corrected chi connectivity index (χ1v) is 5.22. The molecular formula is C13H11N3. The van der Waals surface area contributed by atoms with Crippen molar-refractivity contribution in [1.82, 2.24) is 14.5 Å². The summed E-state index contributed by atoms with van der Waals surface area (Å²) in [5.74, 6) is 0. The van der Waals surface area contributed by atoms with Gasteiger partial charge in [0.15, 0.2) is 0 Å². The number of aromatic nitrogens is 3. The summed E-state index contributed by atoms with van der Waals surface area (Å²) in [5, 5.41) is 0. The van der Waals surface area contributed by atoms with Crippen LogP contribution in [0.25, 0.3) is 11.4 Å². The molecule has 0 unspecified atom stereocenters. The predicted molar refractivity (Wildman–Crippen MR) is 62.2 cm³/mol. The molecule has 0 amide bonds. The number of hydrogen-bond donors (Lipinski definition) is 0. The van der Waals surface area contributed by atoms with Crippen LogP contribution in [0, 0.1) is 0 Å². The monoisotopic (exact) mass is 209 g/mol. The van der Waals surface area contributed by atoms with Crippen molar-refractivity contribution in [1.29, 1.82) is 0 Å². The van der Waals surface area contributed by atoms with Crippen molar-refractivity contribution in [2.75, 3.05) is 0 Å². The van der Waals surface area contributed by atoms with Crippen molar-refractivity contribution in [2.24, 2.45) is 0 Å². The van der Waals surface area contributed by atoms with Crippen molar-refractivity contribution in [2.45, 2.75) is 6.54 Å². The third kappa shape index (κ3) is 1.56. The standard InChI is InChI=1S/C13H11N3/c1-2-4-11(5-3-1)9-16-10-14-8-12-13(16)6-7-15-12/h1-8,10H,9H2. The SMILES string of the molecule is c1ccc(Cn2cncc3nccc2-3)cc1. The van der Waals surface area contributed by atoms with Gasteiger partial charge in [-0.25, -0.2) is 4.98 Å². The predicted octanol–water partition coefficient (Wildman–Crippen LogP) is 2.43. The van der Waals surface area contributed by atoms with E-state index in [1.807, 2.05) is 36.8 Å². The molecule has 0 aromatic heterocycles. The Kier molecular flexibility index (Phi) is 2.14. The molecule has 3 nitrogen and oxygen atoms in total. The Morgan fingerprint density at radius 2 is 1.94 bits per heavy atom. The molecule has 1 aromatic carbocycles. The molecule has 3 rings (SSSR count). The Labute approximate surface area is 93.7 Å². The Morgan fingerprint density at radius 3 is 2.81 bits per heavy atom. The molecule has 0 fully saturated rings. The van der Waals surface area contributed by atoms with Gasteiger partial charge in [0.25, 0.3) is 0 Å². The van der Waals surface area contributed by atoms with Crippen LogP contribution in [0.3, 0.4) is 0 Å². The van der Waals surface area contributed by atoms with Crippen LogP contribution in [0.5, 0.6) is 0 Å². The highest BCUT2D eigenvalue weighted by Gasteiger charge is 2.07. The number of rotatable bonds is 2. The van der Waals surface area contributed by atoms with E-state index in [1.165, 1.54) is 5.56 Å². The second-order valence-electron chi connectivity index (χ2n) is 3.72. The summed E-state index contributed by atoms with van der Waals surface area (Å²) in [6, 6.07) is 12.4. The normalized spacial score (nSPS) is 10.8. The first-order valence-electron chi connectivity index (χ1n) is 5.22. The molecule has 3 heteroatoms. The van der Waals surface area contributed by atoms with Crippen LogP contribution < -0.4 is 0 Å². The van der Waals surface area contributed by atoms with Crippen LogP contribution in [-0.4, -0.2) is 14.5 Å². The summed E-state index contributed by atoms with van der Waals surface area (Å²) >= 11 is 0. The maximum absolute atomic E-state index is 4.24. The zero-order valence-corrected chi connectivity index (χ0v) is 8.74. The highest BCUT2D eigenvalue weighted by molar-refractivity contribution is 5.55. The van der Waals surface area contributed by atoms with Crippen molar-refractivity contribution < 1.29 is 0 Å². The molecule has 78 valence electrons. The van der Waals surface area contributed by atoms with Gasteiger partial charge in [0.1, 0.15) is 5.69 Å². The molecule has 0 atom stereocenters. The Morgan fingerprint density at radius 1 is 1.06 bits per heavy atom. The van der Waals surface area contributed by atoms with Gasteiger partial charge in [-0.05, 0) is 11.6 Å². The van der Waals surface area contributed by atoms with Gasteiger partial charge >= 0.3 is 0 Å². The summed E-state index contributed by atoms with van der Waals surface area (Å²) in [7, 11) is 0. The smallest absolute Gasteiger partial charge is 0.105 e. The minimum Gasteiger partial charge on any atom is -0.326 e. The minimum atomic E-state index is 0.830. The zero-order valence-electron chi connectivity index (χ0n) is 8.74. The molecule has 2 heterocycles. The number of hydrogen-bond acceptors (Lipinski definition) is 2. The molecule has 0 bridgehead atoms. The number of nitrogens with zero attached hydrogens (tertiary/aromatic N) is 3. The topological polar surface area (TPSA) is 30.7 Å². The fraction of sp³-hybridized carbons (Fsp3) is 0.0769. The van der Waals surface area contributed by atoms with E-state index < -0.39 is 0 Å². The largest absolute Gasteiger partial charge is 0.326 e. The Balaban J connectivity index is 1.99. The summed E-state index contributed by atoms with van der Waals surface area (Å²) in [5.41, 5.74) is 3.33. The van der Waals surface area contributed by atoms with Gasteiger partial charge in [-0.1, -0.05) is 30.3 Å². The van der Waals surface area contributed by atoms with Crippen molar-refractivity contribution in [3.8, 4) is 11.4 Å². The highest BCUT2D eigenvalue weighted by Crippen LogP contribution is 2.18. The summed E-state index contributed by atoms with van der Waals surface area (Å²) in [6.45, 7) is 0.830. The molecule has 16 heavy (non-hydrogen) atoms. The van der Waals surface area contributed by atoms with Crippen molar-refractivity contribution >= 4 is 0 Å². The van der Waals surface area contributed by atoms with E-state index >= 15 is 0 Å². The molecule has 0 saturated heterocycles. The van der Waals surface area contributed by atoms with Crippen LogP contribution in [0.1, 0.15) is 5.56 Å². The van der Waals surface area contributed by atoms with Gasteiger partial charge in [-0.15, -0.1) is 0 Å². The van der Waals surface area contributed by atoms with Crippen LogP contribution in [0.15, 0.2) is 55.1 Å². The van der Waals surface area contributed by atoms with Crippen LogP contribution in [0.4, 0.5) is 0 Å². The lowest BCUT2D eigenvalue weighted by Gasteiger charge is -2.10. The highest BCUT2D eigenvalue weighted by atomic mass is 15.0. The lowest BCUT2D eigenvalue weighted by molar-refractivity contribution is 0.774. The molecule has 0 N–H and O–H groups in total. The maximum Gasteiger partial charge on any atom is 0.105 e. The van der Waals surface area contributed by atoms with Gasteiger partial charge < -0.3 is 4.57 Å². The molecule has 0 spiro atoms. The maximum atomic E-state index is 4.24. The van der Waals surface area contributed by atoms with E-state index in [4.69, 9.17) is 0 Å². The molecule has 0 saturated carbocycles. The number of benzene rings is 1. The molecular weight excluding hydrogens is 198 g/mol. The third-order valence-corrected chi connectivity index (χ3v) is 2.62. The Hall–Kier alpha value is -2.16. The van der Waals surface area contributed by atoms with Crippen LogP contribution in [0.2, 0.25) is 0 Å². The molecule has 1 aromatic rings. The van der Waals surface area contributed by atoms with E-state index in [-0.39, 0.29) is 0 Å². The summed E-state index contributed by atoms with van der Waals surface area (Å²) < 4.78 is 2.11. The summed E-state index contributed by atoms with van der Waals surface area (Å²) in [6.07, 6.45) is 5.45. The first-order chi connectivity index (χ1) is 7.93. The first kappa shape index (κ1) is 9.09.